The second-order valence-corrected chi connectivity index (χ2v) is 6.05. The number of nitrogens with one attached hydrogen (secondary N) is 1. The Balaban J connectivity index is 2.03. The molecule has 10 heteroatoms. The van der Waals surface area contributed by atoms with Crippen LogP contribution < -0.4 is 5.32 Å². The zero-order valence-electron chi connectivity index (χ0n) is 11.6. The van der Waals surface area contributed by atoms with E-state index < -0.39 is 13.9 Å². The van der Waals surface area contributed by atoms with E-state index in [0.29, 0.717) is 23.5 Å². The summed E-state index contributed by atoms with van der Waals surface area (Å²) in [7, 11) is -4.12. The van der Waals surface area contributed by atoms with E-state index in [9.17, 15) is 4.57 Å². The molecule has 2 aromatic heterocycles. The van der Waals surface area contributed by atoms with Gasteiger partial charge in [-0.3, -0.25) is 4.57 Å². The molecule has 0 aliphatic heterocycles. The first kappa shape index (κ1) is 15.8. The van der Waals surface area contributed by atoms with Gasteiger partial charge in [0, 0.05) is 13.1 Å². The largest absolute Gasteiger partial charge is 0.368 e. The Morgan fingerprint density at radius 3 is 2.90 bits per heavy atom. The summed E-state index contributed by atoms with van der Waals surface area (Å²) in [5, 5.41) is 3.18. The van der Waals surface area contributed by atoms with Crippen molar-refractivity contribution >= 4 is 24.6 Å². The topological polar surface area (TPSA) is 122 Å². The predicted octanol–water partition coefficient (Wildman–Crippen LogP) is 0.800. The number of aromatic nitrogens is 4. The normalized spacial score (nSPS) is 12.0. The molecule has 0 unspecified atom stereocenters. The van der Waals surface area contributed by atoms with Gasteiger partial charge in [-0.05, 0) is 6.42 Å². The van der Waals surface area contributed by atoms with Crippen LogP contribution in [0.4, 0.5) is 5.82 Å². The number of hydrogen-bond acceptors (Lipinski definition) is 6. The van der Waals surface area contributed by atoms with Crippen molar-refractivity contribution in [1.82, 2.24) is 19.5 Å². The van der Waals surface area contributed by atoms with E-state index >= 15 is 0 Å². The van der Waals surface area contributed by atoms with Crippen LogP contribution in [0.2, 0.25) is 0 Å². The summed E-state index contributed by atoms with van der Waals surface area (Å²) in [5.74, 6) is 0.678. The van der Waals surface area contributed by atoms with Gasteiger partial charge in [-0.1, -0.05) is 6.92 Å². The lowest BCUT2D eigenvalue weighted by Gasteiger charge is -2.07. The number of hydrogen-bond donors (Lipinski definition) is 3. The Morgan fingerprint density at radius 2 is 2.19 bits per heavy atom. The number of nitrogens with zero attached hydrogens (tertiary/aromatic N) is 4. The van der Waals surface area contributed by atoms with E-state index in [1.165, 1.54) is 6.33 Å². The summed E-state index contributed by atoms with van der Waals surface area (Å²) in [6, 6.07) is 0. The molecular weight excluding hydrogens is 297 g/mol. The van der Waals surface area contributed by atoms with Gasteiger partial charge < -0.3 is 24.4 Å². The molecule has 0 fully saturated rings. The van der Waals surface area contributed by atoms with Crippen LogP contribution in [0.15, 0.2) is 12.7 Å². The molecule has 0 saturated carbocycles. The van der Waals surface area contributed by atoms with E-state index in [0.717, 1.165) is 13.0 Å². The molecule has 0 bridgehead atoms. The van der Waals surface area contributed by atoms with Gasteiger partial charge in [-0.15, -0.1) is 0 Å². The van der Waals surface area contributed by atoms with Crippen molar-refractivity contribution in [3.8, 4) is 0 Å². The highest BCUT2D eigenvalue weighted by molar-refractivity contribution is 7.51. The summed E-state index contributed by atoms with van der Waals surface area (Å²) < 4.78 is 17.4. The van der Waals surface area contributed by atoms with Gasteiger partial charge in [0.25, 0.3) is 0 Å². The first-order valence-corrected chi connectivity index (χ1v) is 8.33. The molecule has 2 aromatic rings. The highest BCUT2D eigenvalue weighted by Gasteiger charge is 2.13. The fraction of sp³-hybridized carbons (Fsp3) is 0.545. The van der Waals surface area contributed by atoms with Gasteiger partial charge in [-0.25, -0.2) is 15.0 Å². The Bertz CT molecular complexity index is 641. The zero-order chi connectivity index (χ0) is 15.3. The van der Waals surface area contributed by atoms with E-state index in [2.05, 4.69) is 27.2 Å². The van der Waals surface area contributed by atoms with Crippen molar-refractivity contribution in [2.45, 2.75) is 19.9 Å². The summed E-state index contributed by atoms with van der Waals surface area (Å²) in [5.41, 5.74) is 1.32. The van der Waals surface area contributed by atoms with Crippen LogP contribution in [0.3, 0.4) is 0 Å². The van der Waals surface area contributed by atoms with Gasteiger partial charge >= 0.3 is 7.60 Å². The maximum Gasteiger partial charge on any atom is 0.350 e. The van der Waals surface area contributed by atoms with Crippen LogP contribution in [0.5, 0.6) is 0 Å². The molecule has 2 heterocycles. The van der Waals surface area contributed by atoms with E-state index in [1.807, 2.05) is 0 Å². The van der Waals surface area contributed by atoms with Crippen LogP contribution >= 0.6 is 7.60 Å². The molecule has 116 valence electrons. The van der Waals surface area contributed by atoms with Crippen molar-refractivity contribution < 1.29 is 19.1 Å². The summed E-state index contributed by atoms with van der Waals surface area (Å²) in [6.07, 6.45) is 3.45. The molecule has 21 heavy (non-hydrogen) atoms. The van der Waals surface area contributed by atoms with Crippen molar-refractivity contribution in [3.63, 3.8) is 0 Å². The van der Waals surface area contributed by atoms with Crippen LogP contribution in [-0.2, 0) is 15.8 Å². The number of fused-ring (bicyclic) bond motifs is 1. The third-order valence-corrected chi connectivity index (χ3v) is 3.20. The molecule has 0 aliphatic carbocycles. The van der Waals surface area contributed by atoms with Gasteiger partial charge in [0.1, 0.15) is 18.2 Å². The molecule has 0 atom stereocenters. The van der Waals surface area contributed by atoms with Gasteiger partial charge in [0.2, 0.25) is 0 Å². The van der Waals surface area contributed by atoms with E-state index in [1.54, 1.807) is 10.9 Å². The van der Waals surface area contributed by atoms with Gasteiger partial charge in [0.15, 0.2) is 11.5 Å². The molecular formula is C11H18N5O4P. The highest BCUT2D eigenvalue weighted by atomic mass is 31.2. The van der Waals surface area contributed by atoms with Crippen LogP contribution in [0.1, 0.15) is 13.3 Å². The predicted molar refractivity (Wildman–Crippen MR) is 77.0 cm³/mol. The van der Waals surface area contributed by atoms with E-state index in [-0.39, 0.29) is 6.61 Å². The van der Waals surface area contributed by atoms with Crippen LogP contribution in [0.25, 0.3) is 11.2 Å². The Kier molecular flexibility index (Phi) is 5.24. The average molecular weight is 315 g/mol. The maximum atomic E-state index is 10.7. The average Bonchev–Trinajstić information content (AvgIpc) is 2.84. The quantitative estimate of drug-likeness (QED) is 0.483. The zero-order valence-corrected chi connectivity index (χ0v) is 12.5. The third-order valence-electron chi connectivity index (χ3n) is 2.68. The van der Waals surface area contributed by atoms with E-state index in [4.69, 9.17) is 14.5 Å². The number of anilines is 1. The monoisotopic (exact) mass is 315 g/mol. The fourth-order valence-electron chi connectivity index (χ4n) is 1.76. The van der Waals surface area contributed by atoms with Crippen molar-refractivity contribution in [2.75, 3.05) is 24.8 Å². The minimum atomic E-state index is -4.12. The van der Waals surface area contributed by atoms with Crippen LogP contribution in [-0.4, -0.2) is 48.8 Å². The summed E-state index contributed by atoms with van der Waals surface area (Å²) in [4.78, 5) is 30.0. The molecule has 0 aliphatic rings. The highest BCUT2D eigenvalue weighted by Crippen LogP contribution is 2.33. The second kappa shape index (κ2) is 6.95. The number of imidazole rings is 1. The lowest BCUT2D eigenvalue weighted by atomic mass is 10.4. The minimum Gasteiger partial charge on any atom is -0.368 e. The van der Waals surface area contributed by atoms with Crippen molar-refractivity contribution in [1.29, 1.82) is 0 Å². The van der Waals surface area contributed by atoms with Gasteiger partial charge in [-0.2, -0.15) is 0 Å². The first-order chi connectivity index (χ1) is 10.0. The lowest BCUT2D eigenvalue weighted by molar-refractivity contribution is 0.149. The van der Waals surface area contributed by atoms with Crippen molar-refractivity contribution in [2.24, 2.45) is 0 Å². The second-order valence-electron chi connectivity index (χ2n) is 4.46. The number of rotatable bonds is 8. The van der Waals surface area contributed by atoms with Crippen LogP contribution in [0, 0.1) is 0 Å². The molecule has 0 saturated heterocycles. The SMILES string of the molecule is CCCNc1ncnc2c1ncn2CCOCP(=O)(O)O. The smallest absolute Gasteiger partial charge is 0.350 e. The first-order valence-electron chi connectivity index (χ1n) is 6.53. The molecule has 2 rings (SSSR count). The van der Waals surface area contributed by atoms with Gasteiger partial charge in [0.05, 0.1) is 12.9 Å². The number of ether oxygens (including phenoxy) is 1. The van der Waals surface area contributed by atoms with Crippen molar-refractivity contribution in [3.05, 3.63) is 12.7 Å². The summed E-state index contributed by atoms with van der Waals surface area (Å²) >= 11 is 0. The molecule has 0 spiro atoms. The third kappa shape index (κ3) is 4.47. The Hall–Kier alpha value is -1.54. The maximum absolute atomic E-state index is 10.7. The molecule has 0 aromatic carbocycles. The standard InChI is InChI=1S/C11H18N5O4P/c1-2-3-12-10-9-11(14-6-13-10)16(7-15-9)4-5-20-8-21(17,18)19/h6-7H,2-5,8H2,1H3,(H,12,13,14)(H2,17,18,19). The minimum absolute atomic E-state index is 0.165. The summed E-state index contributed by atoms with van der Waals surface area (Å²) in [6.45, 7) is 3.42. The molecule has 0 amide bonds. The molecule has 9 nitrogen and oxygen atoms in total. The fourth-order valence-corrected chi connectivity index (χ4v) is 2.13. The Morgan fingerprint density at radius 1 is 1.38 bits per heavy atom. The Labute approximate surface area is 121 Å². The molecule has 0 radical (unpaired) electrons. The molecule has 3 N–H and O–H groups in total. The lowest BCUT2D eigenvalue weighted by Crippen LogP contribution is -2.07.